The maximum Gasteiger partial charge on any atom is 0.161 e. The van der Waals surface area contributed by atoms with Crippen molar-refractivity contribution in [3.63, 3.8) is 0 Å². The molecule has 0 aliphatic carbocycles. The van der Waals surface area contributed by atoms with Gasteiger partial charge in [-0.25, -0.2) is 0 Å². The van der Waals surface area contributed by atoms with Crippen LogP contribution in [0.25, 0.3) is 0 Å². The Morgan fingerprint density at radius 2 is 2.00 bits per heavy atom. The van der Waals surface area contributed by atoms with Gasteiger partial charge in [-0.15, -0.1) is 0 Å². The van der Waals surface area contributed by atoms with Gasteiger partial charge >= 0.3 is 0 Å². The molecule has 1 aromatic rings. The number of hydrogen-bond donors (Lipinski definition) is 1. The van der Waals surface area contributed by atoms with Crippen molar-refractivity contribution >= 4 is 5.78 Å². The Balaban J connectivity index is 2.62. The van der Waals surface area contributed by atoms with E-state index in [0.717, 1.165) is 13.0 Å². The minimum absolute atomic E-state index is 0.0241. The Morgan fingerprint density at radius 3 is 2.56 bits per heavy atom. The molecule has 1 aromatic carbocycles. The monoisotopic (exact) mass is 252 g/mol. The average Bonchev–Trinajstić information content (AvgIpc) is 2.34. The van der Waals surface area contributed by atoms with E-state index in [2.05, 4.69) is 14.1 Å². The number of nitrogens with one attached hydrogen (secondary N) is 1. The van der Waals surface area contributed by atoms with Crippen LogP contribution >= 0.6 is 0 Å². The van der Waals surface area contributed by atoms with Gasteiger partial charge in [0.25, 0.3) is 0 Å². The summed E-state index contributed by atoms with van der Waals surface area (Å²) in [6, 6.07) is 5.27. The molecule has 100 valence electrons. The lowest BCUT2D eigenvalue weighted by atomic mass is 10.1. The molecule has 4 heteroatoms. The van der Waals surface area contributed by atoms with Crippen LogP contribution in [-0.4, -0.2) is 40.1 Å². The van der Waals surface area contributed by atoms with E-state index in [4.69, 9.17) is 9.47 Å². The summed E-state index contributed by atoms with van der Waals surface area (Å²) in [5.41, 5.74) is 0.636. The predicted molar refractivity (Wildman–Crippen MR) is 70.8 cm³/mol. The lowest BCUT2D eigenvalue weighted by molar-refractivity contribution is -0.858. The van der Waals surface area contributed by atoms with E-state index in [-0.39, 0.29) is 5.78 Å². The number of carbonyl (C=O) groups excluding carboxylic acids is 1. The molecular weight excluding hydrogens is 230 g/mol. The first kappa shape index (κ1) is 14.5. The Morgan fingerprint density at radius 1 is 1.28 bits per heavy atom. The van der Waals surface area contributed by atoms with E-state index in [0.29, 0.717) is 23.7 Å². The number of rotatable bonds is 7. The summed E-state index contributed by atoms with van der Waals surface area (Å²) in [4.78, 5) is 12.7. The van der Waals surface area contributed by atoms with Gasteiger partial charge < -0.3 is 14.4 Å². The Bertz CT molecular complexity index is 402. The van der Waals surface area contributed by atoms with Crippen molar-refractivity contribution in [3.05, 3.63) is 23.8 Å². The fourth-order valence-corrected chi connectivity index (χ4v) is 1.61. The van der Waals surface area contributed by atoms with Crippen LogP contribution in [0, 0.1) is 0 Å². The summed E-state index contributed by atoms with van der Waals surface area (Å²) in [6.07, 6.45) is 0.986. The SMILES string of the molecule is COc1cc(C(C)=O)ccc1OCCC[NH+](C)C. The molecule has 0 atom stereocenters. The van der Waals surface area contributed by atoms with E-state index < -0.39 is 0 Å². The summed E-state index contributed by atoms with van der Waals surface area (Å²) in [7, 11) is 5.81. The van der Waals surface area contributed by atoms with Crippen LogP contribution in [0.1, 0.15) is 23.7 Å². The van der Waals surface area contributed by atoms with Crippen LogP contribution < -0.4 is 14.4 Å². The number of benzene rings is 1. The Hall–Kier alpha value is -1.55. The lowest BCUT2D eigenvalue weighted by Crippen LogP contribution is -3.05. The number of ketones is 1. The minimum atomic E-state index is 0.0241. The van der Waals surface area contributed by atoms with Gasteiger partial charge in [0.05, 0.1) is 34.4 Å². The third-order valence-electron chi connectivity index (χ3n) is 2.65. The molecule has 1 rings (SSSR count). The predicted octanol–water partition coefficient (Wildman–Crippen LogP) is 0.811. The number of quaternary nitrogens is 1. The van der Waals surface area contributed by atoms with Crippen molar-refractivity contribution in [2.75, 3.05) is 34.4 Å². The molecule has 18 heavy (non-hydrogen) atoms. The minimum Gasteiger partial charge on any atom is -0.493 e. The third-order valence-corrected chi connectivity index (χ3v) is 2.65. The van der Waals surface area contributed by atoms with E-state index in [9.17, 15) is 4.79 Å². The molecule has 0 spiro atoms. The number of ether oxygens (including phenoxy) is 2. The Kier molecular flexibility index (Phi) is 5.65. The zero-order valence-electron chi connectivity index (χ0n) is 11.6. The van der Waals surface area contributed by atoms with Gasteiger partial charge in [-0.3, -0.25) is 4.79 Å². The van der Waals surface area contributed by atoms with Gasteiger partial charge in [0.1, 0.15) is 0 Å². The molecule has 0 saturated carbocycles. The first-order valence-corrected chi connectivity index (χ1v) is 6.15. The molecule has 0 bridgehead atoms. The number of methoxy groups -OCH3 is 1. The van der Waals surface area contributed by atoms with Gasteiger partial charge in [-0.1, -0.05) is 0 Å². The highest BCUT2D eigenvalue weighted by atomic mass is 16.5. The van der Waals surface area contributed by atoms with Crippen LogP contribution in [0.4, 0.5) is 0 Å². The van der Waals surface area contributed by atoms with E-state index >= 15 is 0 Å². The van der Waals surface area contributed by atoms with Crippen molar-refractivity contribution in [3.8, 4) is 11.5 Å². The molecule has 0 aliphatic rings. The molecule has 0 unspecified atom stereocenters. The zero-order valence-corrected chi connectivity index (χ0v) is 11.6. The molecule has 1 N–H and O–H groups in total. The van der Waals surface area contributed by atoms with Crippen molar-refractivity contribution in [1.82, 2.24) is 0 Å². The molecule has 4 nitrogen and oxygen atoms in total. The van der Waals surface area contributed by atoms with Crippen molar-refractivity contribution in [2.24, 2.45) is 0 Å². The first-order valence-electron chi connectivity index (χ1n) is 6.15. The summed E-state index contributed by atoms with van der Waals surface area (Å²) < 4.78 is 10.9. The molecule has 0 aliphatic heterocycles. The highest BCUT2D eigenvalue weighted by Crippen LogP contribution is 2.28. The molecule has 0 radical (unpaired) electrons. The largest absolute Gasteiger partial charge is 0.493 e. The van der Waals surface area contributed by atoms with Gasteiger partial charge in [0.15, 0.2) is 17.3 Å². The summed E-state index contributed by atoms with van der Waals surface area (Å²) in [6.45, 7) is 3.25. The van der Waals surface area contributed by atoms with E-state index in [1.807, 2.05) is 0 Å². The fourth-order valence-electron chi connectivity index (χ4n) is 1.61. The second-order valence-electron chi connectivity index (χ2n) is 4.58. The molecule has 0 amide bonds. The van der Waals surface area contributed by atoms with Crippen molar-refractivity contribution < 1.29 is 19.2 Å². The van der Waals surface area contributed by atoms with Gasteiger partial charge in [-0.2, -0.15) is 0 Å². The molecule has 0 aromatic heterocycles. The number of hydrogen-bond acceptors (Lipinski definition) is 3. The number of Topliss-reactive ketones (excluding diaryl/α,β-unsaturated/α-hetero) is 1. The molecule has 0 fully saturated rings. The van der Waals surface area contributed by atoms with Crippen molar-refractivity contribution in [1.29, 1.82) is 0 Å². The first-order chi connectivity index (χ1) is 8.54. The van der Waals surface area contributed by atoms with Gasteiger partial charge in [-0.05, 0) is 25.1 Å². The smallest absolute Gasteiger partial charge is 0.161 e. The van der Waals surface area contributed by atoms with Crippen LogP contribution in [0.5, 0.6) is 11.5 Å². The highest BCUT2D eigenvalue weighted by Gasteiger charge is 2.08. The Labute approximate surface area is 108 Å². The second kappa shape index (κ2) is 7.01. The van der Waals surface area contributed by atoms with Crippen LogP contribution in [0.15, 0.2) is 18.2 Å². The van der Waals surface area contributed by atoms with E-state index in [1.165, 1.54) is 11.8 Å². The lowest BCUT2D eigenvalue weighted by Gasteiger charge is -2.12. The van der Waals surface area contributed by atoms with E-state index in [1.54, 1.807) is 25.3 Å². The maximum atomic E-state index is 11.3. The number of carbonyl (C=O) groups is 1. The molecular formula is C14H22NO3+. The summed E-state index contributed by atoms with van der Waals surface area (Å²) in [5, 5.41) is 0. The van der Waals surface area contributed by atoms with Gasteiger partial charge in [0, 0.05) is 12.0 Å². The fraction of sp³-hybridized carbons (Fsp3) is 0.500. The van der Waals surface area contributed by atoms with Gasteiger partial charge in [0.2, 0.25) is 0 Å². The second-order valence-corrected chi connectivity index (χ2v) is 4.58. The van der Waals surface area contributed by atoms with Crippen molar-refractivity contribution in [2.45, 2.75) is 13.3 Å². The molecule has 0 saturated heterocycles. The summed E-state index contributed by atoms with van der Waals surface area (Å²) >= 11 is 0. The normalized spacial score (nSPS) is 10.5. The van der Waals surface area contributed by atoms with Crippen LogP contribution in [-0.2, 0) is 0 Å². The van der Waals surface area contributed by atoms with Crippen LogP contribution in [0.2, 0.25) is 0 Å². The standard InChI is InChI=1S/C14H21NO3/c1-11(16)12-6-7-13(14(10-12)17-4)18-9-5-8-15(2)3/h6-7,10H,5,8-9H2,1-4H3/p+1. The van der Waals surface area contributed by atoms with Crippen LogP contribution in [0.3, 0.4) is 0 Å². The third kappa shape index (κ3) is 4.37. The molecule has 0 heterocycles. The summed E-state index contributed by atoms with van der Waals surface area (Å²) in [5.74, 6) is 1.33. The quantitative estimate of drug-likeness (QED) is 0.577. The highest BCUT2D eigenvalue weighted by molar-refractivity contribution is 5.94. The average molecular weight is 252 g/mol. The maximum absolute atomic E-state index is 11.3. The topological polar surface area (TPSA) is 40.0 Å². The zero-order chi connectivity index (χ0) is 13.5.